The number of carboxylic acid groups (broad SMARTS) is 1. The zero-order valence-electron chi connectivity index (χ0n) is 18.7. The second kappa shape index (κ2) is 9.61. The Kier molecular flexibility index (Phi) is 7.32. The van der Waals surface area contributed by atoms with Gasteiger partial charge in [0.15, 0.2) is 26.7 Å². The van der Waals surface area contributed by atoms with E-state index in [2.05, 4.69) is 4.98 Å². The van der Waals surface area contributed by atoms with Crippen LogP contribution in [-0.2, 0) is 35.4 Å². The minimum Gasteiger partial charge on any atom is -0.548 e. The minimum atomic E-state index is -4.37. The number of aromatic nitrogens is 1. The number of fused-ring (bicyclic) bond motifs is 1. The predicted octanol–water partition coefficient (Wildman–Crippen LogP) is -3.86. The molecule has 1 amide bonds. The molecule has 2 N–H and O–H groups in total. The molecule has 0 radical (unpaired) electrons. The molecule has 2 aromatic rings. The largest absolute Gasteiger partial charge is 1.00 e. The van der Waals surface area contributed by atoms with Crippen molar-refractivity contribution < 1.29 is 72.4 Å². The summed E-state index contributed by atoms with van der Waals surface area (Å²) in [5.41, 5.74) is 0.457. The maximum absolute atomic E-state index is 13.4. The van der Waals surface area contributed by atoms with E-state index in [1.807, 2.05) is 0 Å². The molecule has 4 rings (SSSR count). The fourth-order valence-corrected chi connectivity index (χ4v) is 6.39. The zero-order chi connectivity index (χ0) is 24.8. The van der Waals surface area contributed by atoms with E-state index >= 15 is 0 Å². The molecule has 2 fully saturated rings. The Hall–Kier alpha value is -2.93. The van der Waals surface area contributed by atoms with Crippen LogP contribution in [0.4, 0.5) is 0 Å². The number of esters is 1. The van der Waals surface area contributed by atoms with Gasteiger partial charge in [-0.25, -0.2) is 8.42 Å². The van der Waals surface area contributed by atoms with Gasteiger partial charge >= 0.3 is 35.5 Å². The van der Waals surface area contributed by atoms with Gasteiger partial charge in [0.1, 0.15) is 11.4 Å². The number of ether oxygens (including phenoxy) is 1. The Morgan fingerprint density at radius 2 is 1.94 bits per heavy atom. The van der Waals surface area contributed by atoms with Crippen molar-refractivity contribution in [2.45, 2.75) is 29.5 Å². The van der Waals surface area contributed by atoms with Gasteiger partial charge in [-0.05, 0) is 42.8 Å². The van der Waals surface area contributed by atoms with Crippen molar-refractivity contribution >= 4 is 33.8 Å². The van der Waals surface area contributed by atoms with Gasteiger partial charge in [-0.1, -0.05) is 12.1 Å². The molecule has 3 atom stereocenters. The average Bonchev–Trinajstić information content (AvgIpc) is 2.95. The van der Waals surface area contributed by atoms with Gasteiger partial charge in [0.2, 0.25) is 0 Å². The summed E-state index contributed by atoms with van der Waals surface area (Å²) in [6.07, 6.45) is 2.36. The molecule has 0 aliphatic carbocycles. The number of aromatic hydroxyl groups is 2. The molecule has 0 unspecified atom stereocenters. The van der Waals surface area contributed by atoms with Gasteiger partial charge in [0.05, 0.1) is 29.7 Å². The number of β-lactam (4-membered cyclic amide) rings is 1. The first-order chi connectivity index (χ1) is 16.0. The second-order valence-corrected chi connectivity index (χ2v) is 10.6. The number of phenols is 2. The van der Waals surface area contributed by atoms with E-state index in [4.69, 9.17) is 4.74 Å². The summed E-state index contributed by atoms with van der Waals surface area (Å²) in [4.78, 5) is 41.7. The molecule has 13 heteroatoms. The van der Waals surface area contributed by atoms with Crippen LogP contribution in [0.25, 0.3) is 6.08 Å². The zero-order valence-corrected chi connectivity index (χ0v) is 21.6. The number of aliphatic carboxylic acids is 1. The number of carbonyl (C=O) groups excluding carboxylic acids is 3. The van der Waals surface area contributed by atoms with Crippen molar-refractivity contribution in [3.8, 4) is 11.5 Å². The van der Waals surface area contributed by atoms with E-state index in [1.165, 1.54) is 24.4 Å². The van der Waals surface area contributed by atoms with Gasteiger partial charge in [-0.3, -0.25) is 14.6 Å². The van der Waals surface area contributed by atoms with Gasteiger partial charge in [0, 0.05) is 6.20 Å². The number of sulfone groups is 1. The Bertz CT molecular complexity index is 1330. The van der Waals surface area contributed by atoms with E-state index < -0.39 is 56.2 Å². The number of amides is 1. The molecular formula is C22H19N2NaO9S. The third kappa shape index (κ3) is 4.42. The first-order valence-electron chi connectivity index (χ1n) is 10.0. The van der Waals surface area contributed by atoms with Gasteiger partial charge in [-0.2, -0.15) is 0 Å². The van der Waals surface area contributed by atoms with Crippen molar-refractivity contribution in [2.75, 3.05) is 6.61 Å². The third-order valence-electron chi connectivity index (χ3n) is 5.92. The van der Waals surface area contributed by atoms with Crippen LogP contribution in [0, 0.1) is 0 Å². The first-order valence-corrected chi connectivity index (χ1v) is 11.6. The third-order valence-corrected chi connectivity index (χ3v) is 8.63. The number of carbonyl (C=O) groups is 3. The summed E-state index contributed by atoms with van der Waals surface area (Å²) in [7, 11) is -4.37. The fourth-order valence-electron chi connectivity index (χ4n) is 4.12. The summed E-state index contributed by atoms with van der Waals surface area (Å²) in [6, 6.07) is 6.62. The van der Waals surface area contributed by atoms with Crippen molar-refractivity contribution in [1.82, 2.24) is 9.88 Å². The second-order valence-electron chi connectivity index (χ2n) is 8.16. The van der Waals surface area contributed by atoms with Crippen molar-refractivity contribution in [3.63, 3.8) is 0 Å². The number of carboxylic acids is 1. The fraction of sp³-hybridized carbons (Fsp3) is 0.273. The first kappa shape index (κ1) is 26.7. The Morgan fingerprint density at radius 1 is 1.23 bits per heavy atom. The number of pyridine rings is 1. The van der Waals surface area contributed by atoms with Gasteiger partial charge in [-0.15, -0.1) is 0 Å². The SMILES string of the molecule is C[C@]1(COC(=O)Cc2ccc(O)c(O)c2)[C@H](C(=O)[O-])N2C(=O)/C(=C/c3ccccn3)[C@H]2S1(=O)=O.[Na+]. The molecule has 178 valence electrons. The maximum Gasteiger partial charge on any atom is 1.00 e. The maximum atomic E-state index is 13.4. The molecule has 2 aliphatic rings. The normalized spacial score (nSPS) is 25.3. The molecule has 2 aliphatic heterocycles. The van der Waals surface area contributed by atoms with Crippen LogP contribution in [-0.4, -0.2) is 69.1 Å². The Balaban J connectivity index is 0.00000342. The monoisotopic (exact) mass is 510 g/mol. The smallest absolute Gasteiger partial charge is 0.548 e. The molecule has 0 bridgehead atoms. The number of benzene rings is 1. The molecular weight excluding hydrogens is 491 g/mol. The predicted molar refractivity (Wildman–Crippen MR) is 113 cm³/mol. The molecule has 1 aromatic carbocycles. The van der Waals surface area contributed by atoms with Crippen LogP contribution in [0.3, 0.4) is 0 Å². The summed E-state index contributed by atoms with van der Waals surface area (Å²) < 4.78 is 29.7. The molecule has 11 nitrogen and oxygen atoms in total. The van der Waals surface area contributed by atoms with E-state index in [9.17, 15) is 38.1 Å². The molecule has 0 saturated carbocycles. The van der Waals surface area contributed by atoms with E-state index in [-0.39, 0.29) is 52.9 Å². The van der Waals surface area contributed by atoms with Gasteiger partial charge in [0.25, 0.3) is 5.91 Å². The average molecular weight is 510 g/mol. The van der Waals surface area contributed by atoms with E-state index in [0.29, 0.717) is 10.6 Å². The number of hydrogen-bond acceptors (Lipinski definition) is 10. The van der Waals surface area contributed by atoms with Crippen LogP contribution in [0.15, 0.2) is 48.2 Å². The van der Waals surface area contributed by atoms with Crippen molar-refractivity contribution in [1.29, 1.82) is 0 Å². The number of nitrogens with zero attached hydrogens (tertiary/aromatic N) is 2. The van der Waals surface area contributed by atoms with Crippen molar-refractivity contribution in [3.05, 3.63) is 59.4 Å². The number of phenolic OH excluding ortho intramolecular Hbond substituents is 2. The molecule has 1 aromatic heterocycles. The van der Waals surface area contributed by atoms with Crippen LogP contribution >= 0.6 is 0 Å². The Labute approximate surface area is 222 Å². The quantitative estimate of drug-likeness (QED) is 0.129. The molecule has 3 heterocycles. The topological polar surface area (TPSA) is 174 Å². The molecule has 2 saturated heterocycles. The molecule has 0 spiro atoms. The van der Waals surface area contributed by atoms with Crippen LogP contribution < -0.4 is 34.7 Å². The van der Waals surface area contributed by atoms with Crippen LogP contribution in [0.1, 0.15) is 18.2 Å². The van der Waals surface area contributed by atoms with Crippen LogP contribution in [0.2, 0.25) is 0 Å². The summed E-state index contributed by atoms with van der Waals surface area (Å²) in [5, 5.41) is 29.3. The summed E-state index contributed by atoms with van der Waals surface area (Å²) in [6.45, 7) is 0.250. The summed E-state index contributed by atoms with van der Waals surface area (Å²) in [5.74, 6) is -4.32. The standard InChI is InChI=1S/C22H20N2O9S.Na/c1-22(11-33-17(27)9-12-5-6-15(25)16(26)8-12)18(21(29)30)24-19(28)14(20(24)34(22,31)32)10-13-4-2-3-7-23-13;/h2-8,10,18,20,25-26H,9,11H2,1H3,(H,29,30);/q;+1/p-1/b14-10-;/t18-,20+,22-;/m0./s1. The minimum absolute atomic E-state index is 0. The Morgan fingerprint density at radius 3 is 2.54 bits per heavy atom. The van der Waals surface area contributed by atoms with E-state index in [1.54, 1.807) is 18.2 Å². The van der Waals surface area contributed by atoms with Crippen molar-refractivity contribution in [2.24, 2.45) is 0 Å². The number of hydrogen-bond donors (Lipinski definition) is 2. The van der Waals surface area contributed by atoms with Crippen LogP contribution in [0.5, 0.6) is 11.5 Å². The molecule has 35 heavy (non-hydrogen) atoms. The van der Waals surface area contributed by atoms with E-state index in [0.717, 1.165) is 13.0 Å². The number of rotatable bonds is 6. The van der Waals surface area contributed by atoms with Gasteiger partial charge < -0.3 is 29.8 Å². The summed E-state index contributed by atoms with van der Waals surface area (Å²) >= 11 is 0.